The molecule has 1 amide bonds. The Morgan fingerprint density at radius 1 is 1.48 bits per heavy atom. The van der Waals surface area contributed by atoms with Crippen molar-refractivity contribution in [2.45, 2.75) is 4.83 Å². The van der Waals surface area contributed by atoms with Crippen molar-refractivity contribution in [2.24, 2.45) is 0 Å². The van der Waals surface area contributed by atoms with Crippen molar-refractivity contribution < 1.29 is 23.2 Å². The highest BCUT2D eigenvalue weighted by atomic mass is 79.9. The Kier molecular flexibility index (Phi) is 6.16. The van der Waals surface area contributed by atoms with Gasteiger partial charge in [0.15, 0.2) is 11.6 Å². The lowest BCUT2D eigenvalue weighted by Crippen LogP contribution is -2.34. The van der Waals surface area contributed by atoms with Gasteiger partial charge >= 0.3 is 0 Å². The first-order valence-corrected chi connectivity index (χ1v) is 6.71. The molecular weight excluding hydrogens is 354 g/mol. The first-order chi connectivity index (χ1) is 9.77. The van der Waals surface area contributed by atoms with Crippen LogP contribution in [0.2, 0.25) is 0 Å². The lowest BCUT2D eigenvalue weighted by molar-refractivity contribution is -0.385. The summed E-state index contributed by atoms with van der Waals surface area (Å²) in [5.41, 5.74) is -1.28. The van der Waals surface area contributed by atoms with E-state index in [2.05, 4.69) is 15.9 Å². The van der Waals surface area contributed by atoms with Gasteiger partial charge in [-0.05, 0) is 6.07 Å². The molecule has 0 aliphatic carbocycles. The first kappa shape index (κ1) is 17.4. The maximum Gasteiger partial charge on any atom is 0.285 e. The van der Waals surface area contributed by atoms with Gasteiger partial charge in [-0.2, -0.15) is 0 Å². The number of methoxy groups -OCH3 is 1. The average molecular weight is 367 g/mol. The van der Waals surface area contributed by atoms with Gasteiger partial charge in [0.05, 0.1) is 22.4 Å². The monoisotopic (exact) mass is 366 g/mol. The van der Waals surface area contributed by atoms with Gasteiger partial charge in [0.2, 0.25) is 0 Å². The molecule has 1 atom stereocenters. The second-order valence-corrected chi connectivity index (χ2v) is 5.57. The number of hydrogen-bond acceptors (Lipinski definition) is 4. The predicted octanol–water partition coefficient (Wildman–Crippen LogP) is 2.35. The van der Waals surface area contributed by atoms with Gasteiger partial charge in [0.25, 0.3) is 11.6 Å². The minimum Gasteiger partial charge on any atom is -0.383 e. The Morgan fingerprint density at radius 2 is 2.05 bits per heavy atom. The molecule has 1 rings (SSSR count). The fourth-order valence-electron chi connectivity index (χ4n) is 1.68. The van der Waals surface area contributed by atoms with Crippen LogP contribution in [0.1, 0.15) is 10.4 Å². The minimum absolute atomic E-state index is 0.183. The van der Waals surface area contributed by atoms with E-state index in [-0.39, 0.29) is 11.4 Å². The van der Waals surface area contributed by atoms with Gasteiger partial charge < -0.3 is 9.64 Å². The predicted molar refractivity (Wildman–Crippen MR) is 74.6 cm³/mol. The molecule has 1 aromatic rings. The third-order valence-electron chi connectivity index (χ3n) is 2.63. The number of carbonyl (C=O) groups is 1. The molecule has 0 N–H and O–H groups in total. The lowest BCUT2D eigenvalue weighted by atomic mass is 10.1. The fraction of sp³-hybridized carbons (Fsp3) is 0.417. The van der Waals surface area contributed by atoms with Crippen LogP contribution >= 0.6 is 15.9 Å². The Hall–Kier alpha value is -1.61. The molecule has 21 heavy (non-hydrogen) atoms. The van der Waals surface area contributed by atoms with Crippen LogP contribution in [0.15, 0.2) is 12.1 Å². The van der Waals surface area contributed by atoms with Gasteiger partial charge in [-0.1, -0.05) is 15.9 Å². The van der Waals surface area contributed by atoms with Crippen LogP contribution in [0.25, 0.3) is 0 Å². The van der Waals surface area contributed by atoms with Gasteiger partial charge in [-0.15, -0.1) is 0 Å². The minimum atomic E-state index is -1.38. The third-order valence-corrected chi connectivity index (χ3v) is 3.19. The molecule has 0 spiro atoms. The van der Waals surface area contributed by atoms with Crippen LogP contribution in [0, 0.1) is 21.7 Å². The number of nitro benzene ring substituents is 1. The number of nitrogens with zero attached hydrogens (tertiary/aromatic N) is 2. The molecule has 0 aliphatic heterocycles. The first-order valence-electron chi connectivity index (χ1n) is 5.79. The maximum atomic E-state index is 13.2. The van der Waals surface area contributed by atoms with Crippen molar-refractivity contribution in [2.75, 3.05) is 27.3 Å². The van der Waals surface area contributed by atoms with Crippen molar-refractivity contribution in [1.29, 1.82) is 0 Å². The van der Waals surface area contributed by atoms with Crippen LogP contribution in [0.4, 0.5) is 14.5 Å². The van der Waals surface area contributed by atoms with Crippen molar-refractivity contribution in [3.05, 3.63) is 39.4 Å². The number of alkyl halides is 1. The topological polar surface area (TPSA) is 72.7 Å². The van der Waals surface area contributed by atoms with Crippen molar-refractivity contribution in [3.8, 4) is 0 Å². The summed E-state index contributed by atoms with van der Waals surface area (Å²) in [5.74, 6) is -3.47. The number of halogens is 3. The average Bonchev–Trinajstić information content (AvgIpc) is 2.40. The number of hydrogen-bond donors (Lipinski definition) is 0. The standard InChI is InChI=1S/C12H13BrF2N2O4/c1-16(5-7(13)6-21-2)12(18)8-3-9(14)10(15)4-11(8)17(19)20/h3-4,7H,5-6H2,1-2H3. The molecule has 0 fully saturated rings. The molecule has 0 heterocycles. The number of nitro groups is 1. The summed E-state index contributed by atoms with van der Waals surface area (Å²) in [5, 5.41) is 10.9. The highest BCUT2D eigenvalue weighted by molar-refractivity contribution is 9.09. The van der Waals surface area contributed by atoms with Gasteiger partial charge in [-0.25, -0.2) is 8.78 Å². The molecule has 0 aromatic heterocycles. The molecule has 0 saturated carbocycles. The highest BCUT2D eigenvalue weighted by Crippen LogP contribution is 2.23. The van der Waals surface area contributed by atoms with E-state index in [0.717, 1.165) is 4.90 Å². The highest BCUT2D eigenvalue weighted by Gasteiger charge is 2.26. The van der Waals surface area contributed by atoms with E-state index in [1.807, 2.05) is 0 Å². The molecule has 1 aromatic carbocycles. The van der Waals surface area contributed by atoms with Crippen LogP contribution in [0.5, 0.6) is 0 Å². The second-order valence-electron chi connectivity index (χ2n) is 4.28. The van der Waals surface area contributed by atoms with E-state index in [0.29, 0.717) is 18.7 Å². The lowest BCUT2D eigenvalue weighted by Gasteiger charge is -2.20. The quantitative estimate of drug-likeness (QED) is 0.440. The zero-order chi connectivity index (χ0) is 16.2. The number of amides is 1. The summed E-state index contributed by atoms with van der Waals surface area (Å²) >= 11 is 3.27. The SMILES string of the molecule is COCC(Br)CN(C)C(=O)c1cc(F)c(F)cc1[N+](=O)[O-]. The molecule has 9 heteroatoms. The van der Waals surface area contributed by atoms with E-state index >= 15 is 0 Å². The molecule has 0 aliphatic rings. The van der Waals surface area contributed by atoms with E-state index in [4.69, 9.17) is 4.74 Å². The summed E-state index contributed by atoms with van der Waals surface area (Å²) in [4.78, 5) is 23.0. The molecular formula is C12H13BrF2N2O4. The van der Waals surface area contributed by atoms with Crippen LogP contribution < -0.4 is 0 Å². The maximum absolute atomic E-state index is 13.2. The zero-order valence-corrected chi connectivity index (χ0v) is 12.9. The normalized spacial score (nSPS) is 12.0. The van der Waals surface area contributed by atoms with Gasteiger partial charge in [0, 0.05) is 20.7 Å². The molecule has 1 unspecified atom stereocenters. The van der Waals surface area contributed by atoms with Crippen molar-refractivity contribution in [3.63, 3.8) is 0 Å². The third kappa shape index (κ3) is 4.43. The van der Waals surface area contributed by atoms with Gasteiger partial charge in [0.1, 0.15) is 5.56 Å². The number of benzene rings is 1. The summed E-state index contributed by atoms with van der Waals surface area (Å²) in [6.45, 7) is 0.500. The van der Waals surface area contributed by atoms with Crippen LogP contribution in [-0.4, -0.2) is 47.9 Å². The van der Waals surface area contributed by atoms with Crippen LogP contribution in [0.3, 0.4) is 0 Å². The Bertz CT molecular complexity index is 556. The largest absolute Gasteiger partial charge is 0.383 e. The van der Waals surface area contributed by atoms with E-state index in [9.17, 15) is 23.7 Å². The van der Waals surface area contributed by atoms with E-state index in [1.165, 1.54) is 14.2 Å². The summed E-state index contributed by atoms with van der Waals surface area (Å²) in [6, 6.07) is 0.934. The molecule has 0 radical (unpaired) electrons. The fourth-order valence-corrected chi connectivity index (χ4v) is 2.38. The number of carbonyl (C=O) groups excluding carboxylic acids is 1. The van der Waals surface area contributed by atoms with Crippen molar-refractivity contribution in [1.82, 2.24) is 4.90 Å². The number of rotatable bonds is 6. The van der Waals surface area contributed by atoms with E-state index in [1.54, 1.807) is 0 Å². The van der Waals surface area contributed by atoms with E-state index < -0.39 is 33.7 Å². The zero-order valence-electron chi connectivity index (χ0n) is 11.3. The molecule has 0 saturated heterocycles. The van der Waals surface area contributed by atoms with Crippen molar-refractivity contribution >= 4 is 27.5 Å². The van der Waals surface area contributed by atoms with Crippen LogP contribution in [-0.2, 0) is 4.74 Å². The Morgan fingerprint density at radius 3 is 2.57 bits per heavy atom. The summed E-state index contributed by atoms with van der Waals surface area (Å²) in [6.07, 6.45) is 0. The Balaban J connectivity index is 3.06. The smallest absolute Gasteiger partial charge is 0.285 e. The molecule has 116 valence electrons. The summed E-state index contributed by atoms with van der Waals surface area (Å²) in [7, 11) is 2.88. The molecule has 6 nitrogen and oxygen atoms in total. The van der Waals surface area contributed by atoms with Gasteiger partial charge in [-0.3, -0.25) is 14.9 Å². The Labute approximate surface area is 128 Å². The second kappa shape index (κ2) is 7.41. The number of ether oxygens (including phenoxy) is 1. The molecule has 0 bridgehead atoms. The summed E-state index contributed by atoms with van der Waals surface area (Å²) < 4.78 is 31.2.